The van der Waals surface area contributed by atoms with Gasteiger partial charge in [-0.3, -0.25) is 0 Å². The van der Waals surface area contributed by atoms with Crippen LogP contribution in [0.1, 0.15) is 5.82 Å². The van der Waals surface area contributed by atoms with E-state index in [0.717, 1.165) is 0 Å². The Morgan fingerprint density at radius 3 is 2.80 bits per heavy atom. The highest BCUT2D eigenvalue weighted by Gasteiger charge is 2.24. The van der Waals surface area contributed by atoms with Crippen LogP contribution in [0.2, 0.25) is 0 Å². The molecule has 0 aromatic carbocycles. The van der Waals surface area contributed by atoms with Gasteiger partial charge in [0.25, 0.3) is 0 Å². The van der Waals surface area contributed by atoms with Gasteiger partial charge in [0, 0.05) is 20.0 Å². The maximum Gasteiger partial charge on any atom is 0.365 e. The van der Waals surface area contributed by atoms with Crippen LogP contribution in [0.15, 0.2) is 0 Å². The van der Waals surface area contributed by atoms with Crippen LogP contribution < -0.4 is 4.90 Å². The summed E-state index contributed by atoms with van der Waals surface area (Å²) in [6.45, 7) is 4.17. The lowest BCUT2D eigenvalue weighted by Gasteiger charge is -2.25. The average Bonchev–Trinajstić information content (AvgIpc) is 2.62. The van der Waals surface area contributed by atoms with E-state index in [0.29, 0.717) is 37.9 Å². The fourth-order valence-corrected chi connectivity index (χ4v) is 1.59. The number of rotatable bonds is 2. The van der Waals surface area contributed by atoms with E-state index in [1.54, 1.807) is 6.92 Å². The van der Waals surface area contributed by atoms with Crippen molar-refractivity contribution in [3.05, 3.63) is 15.9 Å². The highest BCUT2D eigenvalue weighted by molar-refractivity contribution is 5.54. The lowest BCUT2D eigenvalue weighted by atomic mass is 10.4. The molecule has 1 aliphatic heterocycles. The summed E-state index contributed by atoms with van der Waals surface area (Å²) >= 11 is 0. The van der Waals surface area contributed by atoms with Crippen molar-refractivity contribution < 1.29 is 9.66 Å². The van der Waals surface area contributed by atoms with E-state index >= 15 is 0 Å². The van der Waals surface area contributed by atoms with Crippen molar-refractivity contribution in [3.63, 3.8) is 0 Å². The van der Waals surface area contributed by atoms with Crippen LogP contribution in [0.3, 0.4) is 0 Å². The number of nitrogens with one attached hydrogen (secondary N) is 1. The molecule has 1 aromatic rings. The molecule has 0 atom stereocenters. The Morgan fingerprint density at radius 2 is 2.20 bits per heavy atom. The van der Waals surface area contributed by atoms with Crippen LogP contribution in [-0.2, 0) is 4.74 Å². The minimum atomic E-state index is -0.440. The molecule has 1 aromatic heterocycles. The molecule has 0 aliphatic carbocycles. The highest BCUT2D eigenvalue weighted by atomic mass is 16.6. The predicted molar refractivity (Wildman–Crippen MR) is 53.0 cm³/mol. The topological polar surface area (TPSA) is 84.3 Å². The van der Waals surface area contributed by atoms with Gasteiger partial charge < -0.3 is 19.8 Å². The molecule has 2 heterocycles. The molecule has 7 heteroatoms. The SMILES string of the molecule is Cc1nc(N2CCOCC2)c([N+](=O)[O-])[nH]1. The van der Waals surface area contributed by atoms with Crippen molar-refractivity contribution in [2.45, 2.75) is 6.92 Å². The van der Waals surface area contributed by atoms with Crippen molar-refractivity contribution in [3.8, 4) is 0 Å². The van der Waals surface area contributed by atoms with Gasteiger partial charge in [-0.25, -0.2) is 4.98 Å². The summed E-state index contributed by atoms with van der Waals surface area (Å²) < 4.78 is 5.18. The molecule has 0 radical (unpaired) electrons. The number of nitro groups is 1. The van der Waals surface area contributed by atoms with E-state index in [4.69, 9.17) is 4.74 Å². The van der Waals surface area contributed by atoms with Gasteiger partial charge in [0.2, 0.25) is 5.82 Å². The molecule has 1 aliphatic rings. The maximum atomic E-state index is 10.8. The number of H-pyrrole nitrogens is 1. The monoisotopic (exact) mass is 212 g/mol. The highest BCUT2D eigenvalue weighted by Crippen LogP contribution is 2.25. The third-order valence-electron chi connectivity index (χ3n) is 2.28. The van der Waals surface area contributed by atoms with E-state index in [2.05, 4.69) is 9.97 Å². The van der Waals surface area contributed by atoms with E-state index in [1.807, 2.05) is 4.90 Å². The van der Waals surface area contributed by atoms with Gasteiger partial charge >= 0.3 is 5.82 Å². The number of hydrogen-bond donors (Lipinski definition) is 1. The summed E-state index contributed by atoms with van der Waals surface area (Å²) in [7, 11) is 0. The first-order valence-corrected chi connectivity index (χ1v) is 4.72. The summed E-state index contributed by atoms with van der Waals surface area (Å²) in [5.74, 6) is 0.943. The van der Waals surface area contributed by atoms with Crippen LogP contribution in [-0.4, -0.2) is 41.2 Å². The molecule has 0 unspecified atom stereocenters. The number of imidazole rings is 1. The zero-order valence-electron chi connectivity index (χ0n) is 8.39. The number of morpholine rings is 1. The molecular weight excluding hydrogens is 200 g/mol. The zero-order valence-corrected chi connectivity index (χ0v) is 8.39. The first kappa shape index (κ1) is 9.91. The van der Waals surface area contributed by atoms with Crippen LogP contribution in [0.25, 0.3) is 0 Å². The fraction of sp³-hybridized carbons (Fsp3) is 0.625. The number of hydrogen-bond acceptors (Lipinski definition) is 5. The Balaban J connectivity index is 2.28. The Kier molecular flexibility index (Phi) is 2.55. The molecule has 7 nitrogen and oxygen atoms in total. The minimum absolute atomic E-state index is 0.0330. The first-order chi connectivity index (χ1) is 7.18. The van der Waals surface area contributed by atoms with Crippen molar-refractivity contribution in [1.82, 2.24) is 9.97 Å². The molecule has 82 valence electrons. The Morgan fingerprint density at radius 1 is 1.53 bits per heavy atom. The number of ether oxygens (including phenoxy) is 1. The van der Waals surface area contributed by atoms with Crippen LogP contribution in [0, 0.1) is 17.0 Å². The van der Waals surface area contributed by atoms with Gasteiger partial charge in [-0.2, -0.15) is 4.98 Å². The van der Waals surface area contributed by atoms with Crippen LogP contribution in [0.4, 0.5) is 11.6 Å². The van der Waals surface area contributed by atoms with Gasteiger partial charge in [-0.1, -0.05) is 0 Å². The second-order valence-electron chi connectivity index (χ2n) is 3.35. The normalized spacial score (nSPS) is 16.7. The van der Waals surface area contributed by atoms with Crippen molar-refractivity contribution in [2.24, 2.45) is 0 Å². The second-order valence-corrected chi connectivity index (χ2v) is 3.35. The number of aryl methyl sites for hydroxylation is 1. The summed E-state index contributed by atoms with van der Waals surface area (Å²) in [6, 6.07) is 0. The standard InChI is InChI=1S/C8H12N4O3/c1-6-9-7(8(10-6)12(13)14)11-2-4-15-5-3-11/h2-5H2,1H3,(H,9,10). The average molecular weight is 212 g/mol. The van der Waals surface area contributed by atoms with Crippen molar-refractivity contribution in [2.75, 3.05) is 31.2 Å². The van der Waals surface area contributed by atoms with E-state index in [-0.39, 0.29) is 5.82 Å². The number of aromatic nitrogens is 2. The molecule has 1 fully saturated rings. The third kappa shape index (κ3) is 1.91. The summed E-state index contributed by atoms with van der Waals surface area (Å²) in [5, 5.41) is 10.8. The third-order valence-corrected chi connectivity index (χ3v) is 2.28. The van der Waals surface area contributed by atoms with Gasteiger partial charge in [0.05, 0.1) is 13.2 Å². The Bertz CT molecular complexity index is 370. The molecule has 1 saturated heterocycles. The summed E-state index contributed by atoms with van der Waals surface area (Å²) in [6.07, 6.45) is 0. The minimum Gasteiger partial charge on any atom is -0.378 e. The van der Waals surface area contributed by atoms with Crippen molar-refractivity contribution >= 4 is 11.6 Å². The molecule has 0 bridgehead atoms. The quantitative estimate of drug-likeness (QED) is 0.568. The van der Waals surface area contributed by atoms with E-state index in [9.17, 15) is 10.1 Å². The molecule has 0 saturated carbocycles. The lowest BCUT2D eigenvalue weighted by molar-refractivity contribution is -0.388. The first-order valence-electron chi connectivity index (χ1n) is 4.72. The lowest BCUT2D eigenvalue weighted by Crippen LogP contribution is -2.36. The maximum absolute atomic E-state index is 10.8. The molecule has 15 heavy (non-hydrogen) atoms. The zero-order chi connectivity index (χ0) is 10.8. The fourth-order valence-electron chi connectivity index (χ4n) is 1.59. The number of nitrogens with zero attached hydrogens (tertiary/aromatic N) is 3. The summed E-state index contributed by atoms with van der Waals surface area (Å²) in [5.41, 5.74) is 0. The predicted octanol–water partition coefficient (Wildman–Crippen LogP) is 0.463. The molecule has 0 spiro atoms. The van der Waals surface area contributed by atoms with Crippen LogP contribution >= 0.6 is 0 Å². The summed E-state index contributed by atoms with van der Waals surface area (Å²) in [4.78, 5) is 19.0. The van der Waals surface area contributed by atoms with E-state index < -0.39 is 4.92 Å². The molecular formula is C8H12N4O3. The Hall–Kier alpha value is -1.63. The van der Waals surface area contributed by atoms with Crippen LogP contribution in [0.5, 0.6) is 0 Å². The van der Waals surface area contributed by atoms with Gasteiger partial charge in [0.1, 0.15) is 0 Å². The van der Waals surface area contributed by atoms with Gasteiger partial charge in [-0.05, 0) is 4.92 Å². The largest absolute Gasteiger partial charge is 0.378 e. The molecule has 0 amide bonds. The second kappa shape index (κ2) is 3.85. The van der Waals surface area contributed by atoms with Gasteiger partial charge in [0.15, 0.2) is 5.82 Å². The molecule has 1 N–H and O–H groups in total. The number of aromatic amines is 1. The smallest absolute Gasteiger partial charge is 0.365 e. The van der Waals surface area contributed by atoms with E-state index in [1.165, 1.54) is 0 Å². The van der Waals surface area contributed by atoms with Gasteiger partial charge in [-0.15, -0.1) is 0 Å². The van der Waals surface area contributed by atoms with Crippen molar-refractivity contribution in [1.29, 1.82) is 0 Å². The Labute approximate surface area is 86.2 Å². The number of anilines is 1. The molecule has 2 rings (SSSR count).